The Morgan fingerprint density at radius 1 is 1.40 bits per heavy atom. The highest BCUT2D eigenvalue weighted by Crippen LogP contribution is 2.30. The van der Waals surface area contributed by atoms with Gasteiger partial charge < -0.3 is 5.11 Å². The Labute approximate surface area is 132 Å². The van der Waals surface area contributed by atoms with Gasteiger partial charge in [-0.05, 0) is 53.6 Å². The summed E-state index contributed by atoms with van der Waals surface area (Å²) >= 11 is 2.15. The Morgan fingerprint density at radius 3 is 2.65 bits per heavy atom. The SMILES string of the molecule is C#CCCC(=O)CCC(C)(C(=O)O)c1cccc(I)c1. The first-order valence-corrected chi connectivity index (χ1v) is 7.42. The molecule has 0 aromatic heterocycles. The van der Waals surface area contributed by atoms with Crippen LogP contribution >= 0.6 is 22.6 Å². The van der Waals surface area contributed by atoms with Gasteiger partial charge in [-0.2, -0.15) is 0 Å². The van der Waals surface area contributed by atoms with Gasteiger partial charge >= 0.3 is 5.97 Å². The molecule has 4 heteroatoms. The van der Waals surface area contributed by atoms with E-state index in [-0.39, 0.29) is 18.6 Å². The molecular formula is C16H17IO3. The summed E-state index contributed by atoms with van der Waals surface area (Å²) in [6, 6.07) is 7.38. The number of aliphatic carboxylic acids is 1. The number of hydrogen-bond acceptors (Lipinski definition) is 2. The number of rotatable bonds is 7. The van der Waals surface area contributed by atoms with Gasteiger partial charge in [-0.25, -0.2) is 0 Å². The van der Waals surface area contributed by atoms with E-state index < -0.39 is 11.4 Å². The standard InChI is InChI=1S/C16H17IO3/c1-3-4-8-14(18)9-10-16(2,15(19)20)12-6-5-7-13(17)11-12/h1,5-7,11H,4,8-10H2,2H3,(H,19,20). The lowest BCUT2D eigenvalue weighted by Crippen LogP contribution is -2.33. The van der Waals surface area contributed by atoms with Gasteiger partial charge in [-0.3, -0.25) is 9.59 Å². The molecule has 0 heterocycles. The van der Waals surface area contributed by atoms with E-state index in [1.807, 2.05) is 18.2 Å². The fourth-order valence-electron chi connectivity index (χ4n) is 1.93. The third kappa shape index (κ3) is 4.34. The normalized spacial score (nSPS) is 13.2. The van der Waals surface area contributed by atoms with Crippen molar-refractivity contribution in [3.63, 3.8) is 0 Å². The molecule has 0 aliphatic rings. The van der Waals surface area contributed by atoms with Crippen LogP contribution in [0.2, 0.25) is 0 Å². The summed E-state index contributed by atoms with van der Waals surface area (Å²) in [5, 5.41) is 9.52. The largest absolute Gasteiger partial charge is 0.481 e. The van der Waals surface area contributed by atoms with E-state index in [0.717, 1.165) is 9.13 Å². The summed E-state index contributed by atoms with van der Waals surface area (Å²) in [6.45, 7) is 1.66. The Bertz CT molecular complexity index is 545. The molecule has 1 atom stereocenters. The van der Waals surface area contributed by atoms with Gasteiger partial charge in [0, 0.05) is 22.8 Å². The second-order valence-corrected chi connectivity index (χ2v) is 6.14. The summed E-state index contributed by atoms with van der Waals surface area (Å²) < 4.78 is 0.978. The third-order valence-corrected chi connectivity index (χ3v) is 4.06. The number of carbonyl (C=O) groups excluding carboxylic acids is 1. The fourth-order valence-corrected chi connectivity index (χ4v) is 2.48. The number of hydrogen-bond donors (Lipinski definition) is 1. The number of Topliss-reactive ketones (excluding diaryl/α,β-unsaturated/α-hetero) is 1. The molecule has 20 heavy (non-hydrogen) atoms. The highest BCUT2D eigenvalue weighted by atomic mass is 127. The zero-order chi connectivity index (χ0) is 15.2. The molecule has 106 valence electrons. The number of ketones is 1. The summed E-state index contributed by atoms with van der Waals surface area (Å²) in [4.78, 5) is 23.3. The minimum Gasteiger partial charge on any atom is -0.481 e. The molecule has 0 bridgehead atoms. The summed E-state index contributed by atoms with van der Waals surface area (Å²) in [7, 11) is 0. The van der Waals surface area contributed by atoms with Crippen molar-refractivity contribution in [2.24, 2.45) is 0 Å². The van der Waals surface area contributed by atoms with E-state index in [2.05, 4.69) is 28.5 Å². The summed E-state index contributed by atoms with van der Waals surface area (Å²) in [5.41, 5.74) is -0.325. The second kappa shape index (κ2) is 7.44. The average molecular weight is 384 g/mol. The van der Waals surface area contributed by atoms with Crippen molar-refractivity contribution < 1.29 is 14.7 Å². The van der Waals surface area contributed by atoms with Crippen molar-refractivity contribution in [2.75, 3.05) is 0 Å². The van der Waals surface area contributed by atoms with Crippen molar-refractivity contribution in [1.29, 1.82) is 0 Å². The maximum absolute atomic E-state index is 11.7. The van der Waals surface area contributed by atoms with Crippen LogP contribution in [0, 0.1) is 15.9 Å². The van der Waals surface area contributed by atoms with E-state index in [1.54, 1.807) is 13.0 Å². The van der Waals surface area contributed by atoms with Gasteiger partial charge in [-0.15, -0.1) is 12.3 Å². The van der Waals surface area contributed by atoms with Crippen molar-refractivity contribution in [3.8, 4) is 12.3 Å². The van der Waals surface area contributed by atoms with E-state index >= 15 is 0 Å². The highest BCUT2D eigenvalue weighted by Gasteiger charge is 2.35. The molecule has 1 aromatic carbocycles. The van der Waals surface area contributed by atoms with Crippen molar-refractivity contribution in [2.45, 2.75) is 38.0 Å². The first-order chi connectivity index (χ1) is 9.40. The Morgan fingerprint density at radius 2 is 2.10 bits per heavy atom. The molecule has 0 aliphatic carbocycles. The molecule has 1 unspecified atom stereocenters. The molecule has 0 fully saturated rings. The quantitative estimate of drug-likeness (QED) is 0.579. The van der Waals surface area contributed by atoms with Crippen molar-refractivity contribution in [3.05, 3.63) is 33.4 Å². The number of carboxylic acids is 1. The number of benzene rings is 1. The van der Waals surface area contributed by atoms with Gasteiger partial charge in [0.2, 0.25) is 0 Å². The van der Waals surface area contributed by atoms with Gasteiger partial charge in [0.1, 0.15) is 5.78 Å². The topological polar surface area (TPSA) is 54.4 Å². The molecule has 0 amide bonds. The number of terminal acetylenes is 1. The van der Waals surface area contributed by atoms with E-state index in [4.69, 9.17) is 6.42 Å². The Kier molecular flexibility index (Phi) is 6.21. The maximum atomic E-state index is 11.7. The lowest BCUT2D eigenvalue weighted by Gasteiger charge is -2.25. The number of halogens is 1. The molecular weight excluding hydrogens is 367 g/mol. The van der Waals surface area contributed by atoms with Gasteiger partial charge in [0.15, 0.2) is 0 Å². The van der Waals surface area contributed by atoms with Crippen LogP contribution in [-0.4, -0.2) is 16.9 Å². The van der Waals surface area contributed by atoms with Crippen LogP contribution in [-0.2, 0) is 15.0 Å². The van der Waals surface area contributed by atoms with Crippen molar-refractivity contribution in [1.82, 2.24) is 0 Å². The maximum Gasteiger partial charge on any atom is 0.313 e. The van der Waals surface area contributed by atoms with Crippen LogP contribution in [0.1, 0.15) is 38.2 Å². The van der Waals surface area contributed by atoms with Crippen molar-refractivity contribution >= 4 is 34.3 Å². The Hall–Kier alpha value is -1.35. The van der Waals surface area contributed by atoms with Crippen LogP contribution in [0.4, 0.5) is 0 Å². The minimum atomic E-state index is -1.05. The van der Waals surface area contributed by atoms with Gasteiger partial charge in [0.05, 0.1) is 5.41 Å². The zero-order valence-electron chi connectivity index (χ0n) is 11.4. The predicted octanol–water partition coefficient (Wildman–Crippen LogP) is 3.40. The minimum absolute atomic E-state index is 0.0149. The fraction of sp³-hybridized carbons (Fsp3) is 0.375. The molecule has 0 saturated carbocycles. The number of carbonyl (C=O) groups is 2. The molecule has 1 aromatic rings. The average Bonchev–Trinajstić information content (AvgIpc) is 2.42. The van der Waals surface area contributed by atoms with E-state index in [9.17, 15) is 14.7 Å². The molecule has 1 N–H and O–H groups in total. The second-order valence-electron chi connectivity index (χ2n) is 4.89. The van der Waals surface area contributed by atoms with Crippen LogP contribution < -0.4 is 0 Å². The van der Waals surface area contributed by atoms with Gasteiger partial charge in [-0.1, -0.05) is 12.1 Å². The molecule has 0 spiro atoms. The number of carboxylic acid groups (broad SMARTS) is 1. The monoisotopic (exact) mass is 384 g/mol. The highest BCUT2D eigenvalue weighted by molar-refractivity contribution is 14.1. The molecule has 0 aliphatic heterocycles. The zero-order valence-corrected chi connectivity index (χ0v) is 13.5. The van der Waals surface area contributed by atoms with E-state index in [0.29, 0.717) is 12.8 Å². The van der Waals surface area contributed by atoms with Gasteiger partial charge in [0.25, 0.3) is 0 Å². The van der Waals surface area contributed by atoms with Crippen LogP contribution in [0.3, 0.4) is 0 Å². The molecule has 1 rings (SSSR count). The predicted molar refractivity (Wildman–Crippen MR) is 86.5 cm³/mol. The summed E-state index contributed by atoms with van der Waals surface area (Å²) in [5.74, 6) is 1.52. The lowest BCUT2D eigenvalue weighted by atomic mass is 9.78. The molecule has 0 saturated heterocycles. The molecule has 3 nitrogen and oxygen atoms in total. The summed E-state index contributed by atoms with van der Waals surface area (Å²) in [6.07, 6.45) is 6.36. The first kappa shape index (κ1) is 16.7. The van der Waals surface area contributed by atoms with Crippen LogP contribution in [0.5, 0.6) is 0 Å². The lowest BCUT2D eigenvalue weighted by molar-refractivity contribution is -0.143. The van der Waals surface area contributed by atoms with Crippen LogP contribution in [0.15, 0.2) is 24.3 Å². The third-order valence-electron chi connectivity index (χ3n) is 3.39. The van der Waals surface area contributed by atoms with E-state index in [1.165, 1.54) is 0 Å². The Balaban J connectivity index is 2.86. The molecule has 0 radical (unpaired) electrons. The van der Waals surface area contributed by atoms with Crippen LogP contribution in [0.25, 0.3) is 0 Å². The smallest absolute Gasteiger partial charge is 0.313 e. The first-order valence-electron chi connectivity index (χ1n) is 6.35.